The Morgan fingerprint density at radius 2 is 2.15 bits per heavy atom. The number of ether oxygens (including phenoxy) is 1. The first-order chi connectivity index (χ1) is 12.4. The lowest BCUT2D eigenvalue weighted by molar-refractivity contribution is -0.118. The van der Waals surface area contributed by atoms with Gasteiger partial charge in [-0.2, -0.15) is 0 Å². The summed E-state index contributed by atoms with van der Waals surface area (Å²) >= 11 is 1.44. The van der Waals surface area contributed by atoms with Crippen LogP contribution >= 0.6 is 11.3 Å². The van der Waals surface area contributed by atoms with Crippen LogP contribution in [0.15, 0.2) is 34.4 Å². The molecule has 2 aromatic heterocycles. The molecule has 3 aromatic rings. The highest BCUT2D eigenvalue weighted by atomic mass is 32.1. The van der Waals surface area contributed by atoms with Crippen LogP contribution in [0.5, 0.6) is 5.75 Å². The van der Waals surface area contributed by atoms with Gasteiger partial charge in [-0.25, -0.2) is 4.98 Å². The minimum Gasteiger partial charge on any atom is -0.497 e. The van der Waals surface area contributed by atoms with Crippen molar-refractivity contribution < 1.29 is 9.53 Å². The lowest BCUT2D eigenvalue weighted by Crippen LogP contribution is -2.28. The average Bonchev–Trinajstić information content (AvgIpc) is 3.04. The van der Waals surface area contributed by atoms with E-state index in [0.29, 0.717) is 16.0 Å². The quantitative estimate of drug-likeness (QED) is 0.721. The fourth-order valence-corrected chi connectivity index (χ4v) is 3.87. The maximum Gasteiger partial charge on any atom is 0.262 e. The number of thiophene rings is 1. The molecule has 0 aliphatic carbocycles. The van der Waals surface area contributed by atoms with Crippen molar-refractivity contribution in [3.8, 4) is 16.9 Å². The van der Waals surface area contributed by atoms with E-state index >= 15 is 0 Å². The Hall–Kier alpha value is -2.67. The smallest absolute Gasteiger partial charge is 0.262 e. The van der Waals surface area contributed by atoms with Gasteiger partial charge in [0.1, 0.15) is 16.4 Å². The number of fused-ring (bicyclic) bond motifs is 1. The maximum atomic E-state index is 13.2. The Morgan fingerprint density at radius 3 is 2.81 bits per heavy atom. The lowest BCUT2D eigenvalue weighted by Gasteiger charge is -2.14. The number of rotatable bonds is 6. The molecule has 7 heteroatoms. The van der Waals surface area contributed by atoms with E-state index < -0.39 is 5.91 Å². The summed E-state index contributed by atoms with van der Waals surface area (Å²) in [6.45, 7) is 4.19. The number of nitrogens with zero attached hydrogens (tertiary/aromatic N) is 2. The molecular formula is C19H21N3O3S. The molecule has 6 nitrogen and oxygen atoms in total. The summed E-state index contributed by atoms with van der Waals surface area (Å²) in [6.07, 6.45) is 0.103. The van der Waals surface area contributed by atoms with Gasteiger partial charge in [0.05, 0.1) is 12.5 Å². The zero-order valence-electron chi connectivity index (χ0n) is 15.0. The molecule has 1 aromatic carbocycles. The van der Waals surface area contributed by atoms with Crippen LogP contribution < -0.4 is 16.0 Å². The van der Waals surface area contributed by atoms with Crippen molar-refractivity contribution in [2.75, 3.05) is 7.11 Å². The molecule has 0 aliphatic heterocycles. The second-order valence-corrected chi connectivity index (χ2v) is 7.22. The van der Waals surface area contributed by atoms with Gasteiger partial charge in [-0.3, -0.25) is 14.2 Å². The second kappa shape index (κ2) is 7.29. The number of primary amides is 1. The molecule has 136 valence electrons. The zero-order chi connectivity index (χ0) is 18.8. The van der Waals surface area contributed by atoms with Crippen molar-refractivity contribution in [3.63, 3.8) is 0 Å². The molecule has 0 atom stereocenters. The predicted molar refractivity (Wildman–Crippen MR) is 104 cm³/mol. The molecule has 0 aliphatic rings. The van der Waals surface area contributed by atoms with Gasteiger partial charge < -0.3 is 10.5 Å². The molecule has 0 saturated carbocycles. The highest BCUT2D eigenvalue weighted by Gasteiger charge is 2.19. The van der Waals surface area contributed by atoms with Gasteiger partial charge in [-0.05, 0) is 17.7 Å². The second-order valence-electron chi connectivity index (χ2n) is 6.36. The summed E-state index contributed by atoms with van der Waals surface area (Å²) in [4.78, 5) is 29.8. The van der Waals surface area contributed by atoms with Gasteiger partial charge >= 0.3 is 0 Å². The number of aromatic nitrogens is 2. The normalized spacial score (nSPS) is 11.2. The van der Waals surface area contributed by atoms with Crippen LogP contribution in [-0.4, -0.2) is 22.6 Å². The monoisotopic (exact) mass is 371 g/mol. The van der Waals surface area contributed by atoms with E-state index in [1.54, 1.807) is 11.7 Å². The van der Waals surface area contributed by atoms with Crippen molar-refractivity contribution >= 4 is 27.5 Å². The standard InChI is InChI=1S/C19H21N3O3S/c1-11(2)17-21-18-16(19(24)22(17)8-7-15(20)23)14(10-26-18)12-5-4-6-13(9-12)25-3/h4-6,9-11H,7-8H2,1-3H3,(H2,20,23). The van der Waals surface area contributed by atoms with Crippen molar-refractivity contribution in [1.82, 2.24) is 9.55 Å². The van der Waals surface area contributed by atoms with Crippen LogP contribution in [0.2, 0.25) is 0 Å². The Balaban J connectivity index is 2.23. The summed E-state index contributed by atoms with van der Waals surface area (Å²) in [5.41, 5.74) is 6.86. The van der Waals surface area contributed by atoms with Crippen molar-refractivity contribution in [3.05, 3.63) is 45.8 Å². The predicted octanol–water partition coefficient (Wildman–Crippen LogP) is 3.13. The van der Waals surface area contributed by atoms with Crippen LogP contribution in [0.25, 0.3) is 21.3 Å². The van der Waals surface area contributed by atoms with Crippen molar-refractivity contribution in [2.24, 2.45) is 5.73 Å². The summed E-state index contributed by atoms with van der Waals surface area (Å²) in [5, 5.41) is 2.51. The highest BCUT2D eigenvalue weighted by Crippen LogP contribution is 2.33. The van der Waals surface area contributed by atoms with Gasteiger partial charge in [-0.1, -0.05) is 26.0 Å². The number of carbonyl (C=O) groups excluding carboxylic acids is 1. The summed E-state index contributed by atoms with van der Waals surface area (Å²) < 4.78 is 6.87. The number of hydrogen-bond donors (Lipinski definition) is 1. The van der Waals surface area contributed by atoms with Gasteiger partial charge in [0.25, 0.3) is 5.56 Å². The highest BCUT2D eigenvalue weighted by molar-refractivity contribution is 7.17. The fraction of sp³-hybridized carbons (Fsp3) is 0.316. The average molecular weight is 371 g/mol. The van der Waals surface area contributed by atoms with Crippen molar-refractivity contribution in [1.29, 1.82) is 0 Å². The maximum absolute atomic E-state index is 13.2. The first-order valence-corrected chi connectivity index (χ1v) is 9.25. The van der Waals surface area contributed by atoms with E-state index in [4.69, 9.17) is 15.5 Å². The molecule has 0 spiro atoms. The Morgan fingerprint density at radius 1 is 1.38 bits per heavy atom. The number of amides is 1. The first kappa shape index (κ1) is 18.1. The van der Waals surface area contributed by atoms with Crippen LogP contribution in [0.3, 0.4) is 0 Å². The minimum atomic E-state index is -0.440. The van der Waals surface area contributed by atoms with Crippen LogP contribution in [0.4, 0.5) is 0 Å². The van der Waals surface area contributed by atoms with Gasteiger partial charge in [0.15, 0.2) is 0 Å². The summed E-state index contributed by atoms with van der Waals surface area (Å²) in [5.74, 6) is 1.01. The van der Waals surface area contributed by atoms with E-state index in [1.165, 1.54) is 11.3 Å². The molecule has 0 radical (unpaired) electrons. The lowest BCUT2D eigenvalue weighted by atomic mass is 10.1. The van der Waals surface area contributed by atoms with E-state index in [0.717, 1.165) is 16.9 Å². The largest absolute Gasteiger partial charge is 0.497 e. The number of hydrogen-bond acceptors (Lipinski definition) is 5. The van der Waals surface area contributed by atoms with Crippen molar-refractivity contribution in [2.45, 2.75) is 32.7 Å². The summed E-state index contributed by atoms with van der Waals surface area (Å²) in [7, 11) is 1.61. The first-order valence-electron chi connectivity index (χ1n) is 8.37. The van der Waals surface area contributed by atoms with Gasteiger partial charge in [0, 0.05) is 29.8 Å². The van der Waals surface area contributed by atoms with Crippen LogP contribution in [0, 0.1) is 0 Å². The Bertz CT molecular complexity index is 1020. The third-order valence-electron chi connectivity index (χ3n) is 4.20. The molecule has 0 bridgehead atoms. The zero-order valence-corrected chi connectivity index (χ0v) is 15.8. The van der Waals surface area contributed by atoms with Gasteiger partial charge in [0.2, 0.25) is 5.91 Å². The molecule has 26 heavy (non-hydrogen) atoms. The van der Waals surface area contributed by atoms with Crippen LogP contribution in [0.1, 0.15) is 32.0 Å². The van der Waals surface area contributed by atoms with Crippen LogP contribution in [-0.2, 0) is 11.3 Å². The topological polar surface area (TPSA) is 87.2 Å². The number of benzene rings is 1. The van der Waals surface area contributed by atoms with Gasteiger partial charge in [-0.15, -0.1) is 11.3 Å². The minimum absolute atomic E-state index is 0.0577. The number of nitrogens with two attached hydrogens (primary N) is 1. The molecule has 0 unspecified atom stereocenters. The Labute approximate surface area is 155 Å². The molecule has 1 amide bonds. The van der Waals surface area contributed by atoms with E-state index in [1.807, 2.05) is 43.5 Å². The molecule has 2 heterocycles. The Kier molecular flexibility index (Phi) is 5.08. The number of methoxy groups -OCH3 is 1. The van der Waals surface area contributed by atoms with E-state index in [-0.39, 0.29) is 24.4 Å². The number of carbonyl (C=O) groups is 1. The summed E-state index contributed by atoms with van der Waals surface area (Å²) in [6, 6.07) is 7.58. The molecule has 0 fully saturated rings. The van der Waals surface area contributed by atoms with E-state index in [9.17, 15) is 9.59 Å². The third-order valence-corrected chi connectivity index (χ3v) is 5.07. The fourth-order valence-electron chi connectivity index (χ4n) is 2.92. The molecule has 3 rings (SSSR count). The molecule has 2 N–H and O–H groups in total. The SMILES string of the molecule is COc1cccc(-c2csc3nc(C(C)C)n(CCC(N)=O)c(=O)c23)c1. The van der Waals surface area contributed by atoms with E-state index in [2.05, 4.69) is 0 Å². The molecular weight excluding hydrogens is 350 g/mol. The third kappa shape index (κ3) is 3.35. The molecule has 0 saturated heterocycles.